The third-order valence-electron chi connectivity index (χ3n) is 4.95. The van der Waals surface area contributed by atoms with E-state index in [0.717, 1.165) is 34.0 Å². The van der Waals surface area contributed by atoms with E-state index in [9.17, 15) is 0 Å². The highest BCUT2D eigenvalue weighted by Crippen LogP contribution is 2.29. The summed E-state index contributed by atoms with van der Waals surface area (Å²) in [5.74, 6) is 1.06. The average Bonchev–Trinajstić information content (AvgIpc) is 3.16. The summed E-state index contributed by atoms with van der Waals surface area (Å²) in [4.78, 5) is 4.74. The van der Waals surface area contributed by atoms with E-state index in [1.807, 2.05) is 4.52 Å². The quantitative estimate of drug-likeness (QED) is 0.762. The minimum absolute atomic E-state index is 0.557. The molecule has 2 aromatic heterocycles. The number of fused-ring (bicyclic) bond motifs is 1. The van der Waals surface area contributed by atoms with E-state index in [2.05, 4.69) is 56.4 Å². The SMILES string of the molecule is Cc1cccc(-c2nn3c(NC4CCCC4)cc(C)nc3c2C)c1. The van der Waals surface area contributed by atoms with Crippen molar-refractivity contribution in [1.29, 1.82) is 0 Å². The van der Waals surface area contributed by atoms with Crippen LogP contribution in [0.3, 0.4) is 0 Å². The minimum Gasteiger partial charge on any atom is -0.367 e. The van der Waals surface area contributed by atoms with Crippen LogP contribution in [0.2, 0.25) is 0 Å². The zero-order valence-electron chi connectivity index (χ0n) is 14.6. The van der Waals surface area contributed by atoms with Crippen LogP contribution in [-0.4, -0.2) is 20.6 Å². The van der Waals surface area contributed by atoms with E-state index >= 15 is 0 Å². The third-order valence-corrected chi connectivity index (χ3v) is 4.95. The van der Waals surface area contributed by atoms with Gasteiger partial charge in [0.25, 0.3) is 0 Å². The van der Waals surface area contributed by atoms with Crippen LogP contribution in [0.4, 0.5) is 5.82 Å². The fourth-order valence-electron chi connectivity index (χ4n) is 3.69. The number of rotatable bonds is 3. The molecule has 2 heterocycles. The van der Waals surface area contributed by atoms with Crippen molar-refractivity contribution in [3.05, 3.63) is 47.2 Å². The molecule has 0 unspecified atom stereocenters. The highest BCUT2D eigenvalue weighted by molar-refractivity contribution is 5.72. The summed E-state index contributed by atoms with van der Waals surface area (Å²) in [7, 11) is 0. The maximum absolute atomic E-state index is 4.90. The summed E-state index contributed by atoms with van der Waals surface area (Å²) >= 11 is 0. The van der Waals surface area contributed by atoms with Gasteiger partial charge in [0.15, 0.2) is 5.65 Å². The Morgan fingerprint density at radius 3 is 2.62 bits per heavy atom. The van der Waals surface area contributed by atoms with E-state index in [-0.39, 0.29) is 0 Å². The van der Waals surface area contributed by atoms with Gasteiger partial charge in [0, 0.05) is 28.9 Å². The molecule has 1 saturated carbocycles. The summed E-state index contributed by atoms with van der Waals surface area (Å²) in [5.41, 5.74) is 6.54. The third kappa shape index (κ3) is 2.66. The predicted molar refractivity (Wildman–Crippen MR) is 98.5 cm³/mol. The van der Waals surface area contributed by atoms with Crippen molar-refractivity contribution in [3.8, 4) is 11.3 Å². The van der Waals surface area contributed by atoms with E-state index in [1.54, 1.807) is 0 Å². The number of nitrogens with one attached hydrogen (secondary N) is 1. The van der Waals surface area contributed by atoms with Crippen molar-refractivity contribution in [2.75, 3.05) is 5.32 Å². The lowest BCUT2D eigenvalue weighted by Crippen LogP contribution is -2.17. The Labute approximate surface area is 142 Å². The van der Waals surface area contributed by atoms with Gasteiger partial charge in [0.05, 0.1) is 5.69 Å². The van der Waals surface area contributed by atoms with E-state index < -0.39 is 0 Å². The Hall–Kier alpha value is -2.36. The number of hydrogen-bond donors (Lipinski definition) is 1. The molecule has 4 heteroatoms. The Balaban J connectivity index is 1.84. The van der Waals surface area contributed by atoms with E-state index in [4.69, 9.17) is 10.1 Å². The van der Waals surface area contributed by atoms with Crippen LogP contribution in [0.25, 0.3) is 16.9 Å². The van der Waals surface area contributed by atoms with Gasteiger partial charge in [-0.25, -0.2) is 4.98 Å². The Kier molecular flexibility index (Phi) is 3.75. The van der Waals surface area contributed by atoms with Crippen molar-refractivity contribution in [1.82, 2.24) is 14.6 Å². The molecular weight excluding hydrogens is 296 g/mol. The van der Waals surface area contributed by atoms with Gasteiger partial charge in [-0.2, -0.15) is 9.61 Å². The minimum atomic E-state index is 0.557. The van der Waals surface area contributed by atoms with E-state index in [0.29, 0.717) is 6.04 Å². The Morgan fingerprint density at radius 1 is 1.08 bits per heavy atom. The van der Waals surface area contributed by atoms with Crippen LogP contribution in [0, 0.1) is 20.8 Å². The standard InChI is InChI=1S/C20H24N4/c1-13-7-6-8-16(11-13)19-15(3)20-21-14(2)12-18(24(20)23-19)22-17-9-4-5-10-17/h6-8,11-12,17,22H,4-5,9-10H2,1-3H3. The Bertz CT molecular complexity index is 888. The number of aromatic nitrogens is 3. The smallest absolute Gasteiger partial charge is 0.161 e. The summed E-state index contributed by atoms with van der Waals surface area (Å²) < 4.78 is 1.98. The van der Waals surface area contributed by atoms with Crippen molar-refractivity contribution >= 4 is 11.5 Å². The van der Waals surface area contributed by atoms with Crippen LogP contribution < -0.4 is 5.32 Å². The second-order valence-corrected chi connectivity index (χ2v) is 6.99. The normalized spacial score (nSPS) is 15.3. The van der Waals surface area contributed by atoms with Crippen molar-refractivity contribution in [3.63, 3.8) is 0 Å². The molecule has 0 bridgehead atoms. The van der Waals surface area contributed by atoms with Gasteiger partial charge in [-0.15, -0.1) is 0 Å². The molecule has 1 aliphatic rings. The second kappa shape index (κ2) is 5.93. The fraction of sp³-hybridized carbons (Fsp3) is 0.400. The van der Waals surface area contributed by atoms with Crippen LogP contribution in [0.1, 0.15) is 42.5 Å². The second-order valence-electron chi connectivity index (χ2n) is 6.99. The van der Waals surface area contributed by atoms with Gasteiger partial charge in [-0.1, -0.05) is 36.6 Å². The molecule has 0 aliphatic heterocycles. The number of benzene rings is 1. The van der Waals surface area contributed by atoms with Crippen LogP contribution in [-0.2, 0) is 0 Å². The zero-order chi connectivity index (χ0) is 16.7. The maximum Gasteiger partial charge on any atom is 0.161 e. The monoisotopic (exact) mass is 320 g/mol. The molecule has 4 nitrogen and oxygen atoms in total. The topological polar surface area (TPSA) is 42.2 Å². The number of hydrogen-bond acceptors (Lipinski definition) is 3. The van der Waals surface area contributed by atoms with Gasteiger partial charge in [-0.3, -0.25) is 0 Å². The first-order chi connectivity index (χ1) is 11.6. The highest BCUT2D eigenvalue weighted by Gasteiger charge is 2.19. The summed E-state index contributed by atoms with van der Waals surface area (Å²) in [6.07, 6.45) is 5.12. The number of anilines is 1. The molecular formula is C20H24N4. The van der Waals surface area contributed by atoms with Gasteiger partial charge < -0.3 is 5.32 Å². The maximum atomic E-state index is 4.90. The van der Waals surface area contributed by atoms with E-state index in [1.165, 1.54) is 31.2 Å². The molecule has 124 valence electrons. The molecule has 0 saturated heterocycles. The lowest BCUT2D eigenvalue weighted by atomic mass is 10.1. The molecule has 24 heavy (non-hydrogen) atoms. The molecule has 1 aromatic carbocycles. The first-order valence-electron chi connectivity index (χ1n) is 8.82. The molecule has 1 fully saturated rings. The highest BCUT2D eigenvalue weighted by atomic mass is 15.3. The van der Waals surface area contributed by atoms with Crippen LogP contribution in [0.5, 0.6) is 0 Å². The summed E-state index contributed by atoms with van der Waals surface area (Å²) in [5, 5.41) is 8.59. The van der Waals surface area contributed by atoms with Crippen molar-refractivity contribution in [2.24, 2.45) is 0 Å². The van der Waals surface area contributed by atoms with Crippen molar-refractivity contribution < 1.29 is 0 Å². The lowest BCUT2D eigenvalue weighted by Gasteiger charge is -2.15. The average molecular weight is 320 g/mol. The largest absolute Gasteiger partial charge is 0.367 e. The molecule has 3 aromatic rings. The molecule has 1 aliphatic carbocycles. The van der Waals surface area contributed by atoms with Gasteiger partial charge in [-0.05, 0) is 39.7 Å². The molecule has 1 N–H and O–H groups in total. The molecule has 0 amide bonds. The van der Waals surface area contributed by atoms with Gasteiger partial charge in [0.2, 0.25) is 0 Å². The molecule has 4 rings (SSSR count). The van der Waals surface area contributed by atoms with Gasteiger partial charge in [0.1, 0.15) is 5.82 Å². The molecule has 0 radical (unpaired) electrons. The zero-order valence-corrected chi connectivity index (χ0v) is 14.6. The summed E-state index contributed by atoms with van der Waals surface area (Å²) in [6.45, 7) is 6.29. The predicted octanol–water partition coefficient (Wildman–Crippen LogP) is 4.68. The number of aryl methyl sites for hydroxylation is 3. The van der Waals surface area contributed by atoms with Crippen LogP contribution >= 0.6 is 0 Å². The van der Waals surface area contributed by atoms with Crippen molar-refractivity contribution in [2.45, 2.75) is 52.5 Å². The fourth-order valence-corrected chi connectivity index (χ4v) is 3.69. The summed E-state index contributed by atoms with van der Waals surface area (Å²) in [6, 6.07) is 11.2. The van der Waals surface area contributed by atoms with Gasteiger partial charge >= 0.3 is 0 Å². The Morgan fingerprint density at radius 2 is 1.88 bits per heavy atom. The molecule has 0 spiro atoms. The lowest BCUT2D eigenvalue weighted by molar-refractivity contribution is 0.740. The number of nitrogens with zero attached hydrogens (tertiary/aromatic N) is 3. The molecule has 0 atom stereocenters. The first-order valence-corrected chi connectivity index (χ1v) is 8.82. The van der Waals surface area contributed by atoms with Crippen LogP contribution in [0.15, 0.2) is 30.3 Å². The first kappa shape index (κ1) is 15.2.